The lowest BCUT2D eigenvalue weighted by molar-refractivity contribution is 0.103. The Morgan fingerprint density at radius 1 is 0.946 bits per heavy atom. The number of aromatic nitrogens is 1. The second-order valence-electron chi connectivity index (χ2n) is 8.23. The van der Waals surface area contributed by atoms with E-state index in [1.54, 1.807) is 36.4 Å². The summed E-state index contributed by atoms with van der Waals surface area (Å²) in [7, 11) is -4.02. The van der Waals surface area contributed by atoms with Crippen LogP contribution in [0.25, 0.3) is 21.5 Å². The van der Waals surface area contributed by atoms with Crippen molar-refractivity contribution in [1.29, 1.82) is 0 Å². The van der Waals surface area contributed by atoms with Crippen molar-refractivity contribution < 1.29 is 17.4 Å². The summed E-state index contributed by atoms with van der Waals surface area (Å²) in [6.45, 7) is 1.90. The third kappa shape index (κ3) is 5.29. The molecule has 0 fully saturated rings. The summed E-state index contributed by atoms with van der Waals surface area (Å²) in [4.78, 5) is 18.5. The maximum Gasteiger partial charge on any atom is 0.339 e. The zero-order valence-electron chi connectivity index (χ0n) is 19.4. The lowest BCUT2D eigenvalue weighted by Gasteiger charge is -2.09. The summed E-state index contributed by atoms with van der Waals surface area (Å²) >= 11 is 7.16. The highest BCUT2D eigenvalue weighted by Gasteiger charge is 2.20. The van der Waals surface area contributed by atoms with Crippen LogP contribution in [0.4, 0.5) is 11.4 Å². The number of rotatable bonds is 6. The fourth-order valence-corrected chi connectivity index (χ4v) is 5.65. The van der Waals surface area contributed by atoms with Crippen molar-refractivity contribution in [3.05, 3.63) is 100 Å². The molecule has 1 amide bonds. The number of carbonyl (C=O) groups is 1. The van der Waals surface area contributed by atoms with Gasteiger partial charge in [0.15, 0.2) is 0 Å². The van der Waals surface area contributed by atoms with Crippen LogP contribution in [-0.2, 0) is 10.1 Å². The predicted octanol–water partition coefficient (Wildman–Crippen LogP) is 6.53. The molecule has 7 nitrogen and oxygen atoms in total. The number of amides is 1. The fraction of sp³-hybridized carbons (Fsp3) is 0.0370. The number of pyridine rings is 1. The number of fused-ring (bicyclic) bond motifs is 1. The number of aryl methyl sites for hydroxylation is 1. The molecule has 5 aromatic rings. The average molecular weight is 550 g/mol. The van der Waals surface area contributed by atoms with Crippen LogP contribution in [0, 0.1) is 6.92 Å². The van der Waals surface area contributed by atoms with E-state index in [-0.39, 0.29) is 10.6 Å². The van der Waals surface area contributed by atoms with Crippen molar-refractivity contribution in [2.45, 2.75) is 11.8 Å². The van der Waals surface area contributed by atoms with Crippen LogP contribution >= 0.6 is 22.9 Å². The lowest BCUT2D eigenvalue weighted by Crippen LogP contribution is -2.13. The molecule has 0 bridgehead atoms. The Balaban J connectivity index is 1.33. The van der Waals surface area contributed by atoms with E-state index < -0.39 is 16.0 Å². The second-order valence-corrected chi connectivity index (χ2v) is 11.2. The molecule has 5 rings (SSSR count). The summed E-state index contributed by atoms with van der Waals surface area (Å²) in [6, 6.07) is 23.4. The van der Waals surface area contributed by atoms with E-state index >= 15 is 0 Å². The summed E-state index contributed by atoms with van der Waals surface area (Å²) in [5.41, 5.74) is 9.62. The van der Waals surface area contributed by atoms with Crippen LogP contribution < -0.4 is 15.2 Å². The first-order chi connectivity index (χ1) is 17.7. The Bertz CT molecular complexity index is 1720. The molecule has 0 saturated heterocycles. The maximum atomic E-state index is 13.0. The van der Waals surface area contributed by atoms with Gasteiger partial charge in [-0.3, -0.25) is 4.79 Å². The quantitative estimate of drug-likeness (QED) is 0.233. The normalized spacial score (nSPS) is 11.4. The predicted molar refractivity (Wildman–Crippen MR) is 148 cm³/mol. The number of benzene rings is 3. The lowest BCUT2D eigenvalue weighted by atomic mass is 10.1. The van der Waals surface area contributed by atoms with E-state index in [1.165, 1.54) is 35.6 Å². The fourth-order valence-electron chi connectivity index (χ4n) is 3.61. The maximum absolute atomic E-state index is 13.0. The van der Waals surface area contributed by atoms with Gasteiger partial charge in [0, 0.05) is 21.7 Å². The summed E-state index contributed by atoms with van der Waals surface area (Å²) in [5.74, 6) is -0.198. The monoisotopic (exact) mass is 549 g/mol. The van der Waals surface area contributed by atoms with Crippen molar-refractivity contribution in [3.8, 4) is 17.0 Å². The van der Waals surface area contributed by atoms with Gasteiger partial charge in [-0.05, 0) is 67.6 Å². The highest BCUT2D eigenvalue weighted by molar-refractivity contribution is 7.87. The molecule has 10 heteroatoms. The summed E-state index contributed by atoms with van der Waals surface area (Å²) in [6.07, 6.45) is 0. The van der Waals surface area contributed by atoms with Gasteiger partial charge in [0.2, 0.25) is 0 Å². The van der Waals surface area contributed by atoms with Crippen LogP contribution in [-0.4, -0.2) is 19.3 Å². The number of carbonyl (C=O) groups excluding carboxylic acids is 1. The Labute approximate surface area is 222 Å². The Morgan fingerprint density at radius 2 is 1.62 bits per heavy atom. The van der Waals surface area contributed by atoms with E-state index in [4.69, 9.17) is 21.5 Å². The molecule has 0 unspecified atom stereocenters. The van der Waals surface area contributed by atoms with Gasteiger partial charge in [-0.25, -0.2) is 4.98 Å². The van der Waals surface area contributed by atoms with E-state index in [0.29, 0.717) is 31.5 Å². The Hall–Kier alpha value is -3.92. The molecule has 0 aliphatic heterocycles. The molecule has 0 spiro atoms. The van der Waals surface area contributed by atoms with Gasteiger partial charge in [0.25, 0.3) is 5.91 Å². The van der Waals surface area contributed by atoms with Gasteiger partial charge in [0.05, 0.1) is 11.4 Å². The van der Waals surface area contributed by atoms with Crippen molar-refractivity contribution in [2.24, 2.45) is 0 Å². The van der Waals surface area contributed by atoms with Crippen LogP contribution in [0.15, 0.2) is 89.8 Å². The van der Waals surface area contributed by atoms with Crippen LogP contribution in [0.1, 0.15) is 15.2 Å². The first kappa shape index (κ1) is 24.8. The van der Waals surface area contributed by atoms with Crippen molar-refractivity contribution in [3.63, 3.8) is 0 Å². The van der Waals surface area contributed by atoms with E-state index in [2.05, 4.69) is 10.3 Å². The highest BCUT2D eigenvalue weighted by atomic mass is 35.5. The molecular weight excluding hydrogens is 530 g/mol. The van der Waals surface area contributed by atoms with E-state index in [9.17, 15) is 13.2 Å². The van der Waals surface area contributed by atoms with Crippen LogP contribution in [0.5, 0.6) is 5.75 Å². The molecule has 2 aromatic heterocycles. The molecule has 37 heavy (non-hydrogen) atoms. The van der Waals surface area contributed by atoms with E-state index in [0.717, 1.165) is 16.8 Å². The first-order valence-corrected chi connectivity index (χ1v) is 13.7. The molecule has 0 aliphatic rings. The smallest absolute Gasteiger partial charge is 0.339 e. The molecule has 0 atom stereocenters. The van der Waals surface area contributed by atoms with Crippen LogP contribution in [0.3, 0.4) is 0 Å². The number of hydrogen-bond acceptors (Lipinski definition) is 7. The second kappa shape index (κ2) is 9.85. The molecule has 0 radical (unpaired) electrons. The molecular formula is C27H20ClN3O4S2. The minimum Gasteiger partial charge on any atom is -0.397 e. The molecule has 3 aromatic carbocycles. The molecule has 0 aliphatic carbocycles. The molecule has 186 valence electrons. The van der Waals surface area contributed by atoms with E-state index in [1.807, 2.05) is 31.2 Å². The van der Waals surface area contributed by atoms with Gasteiger partial charge in [0.1, 0.15) is 20.4 Å². The average Bonchev–Trinajstić information content (AvgIpc) is 3.22. The van der Waals surface area contributed by atoms with Crippen LogP contribution in [0.2, 0.25) is 5.02 Å². The third-order valence-electron chi connectivity index (χ3n) is 5.57. The molecule has 2 heterocycles. The van der Waals surface area contributed by atoms with Gasteiger partial charge in [-0.2, -0.15) is 8.42 Å². The number of halogens is 1. The minimum absolute atomic E-state index is 0.0358. The first-order valence-electron chi connectivity index (χ1n) is 11.1. The SMILES string of the molecule is Cc1ccc(OS(=O)(=O)c2ccc(NC(=O)c3sc4nc(-c5ccc(Cl)cc5)ccc4c3N)cc2)cc1. The number of hydrogen-bond donors (Lipinski definition) is 2. The van der Waals surface area contributed by atoms with Gasteiger partial charge in [-0.15, -0.1) is 11.3 Å². The summed E-state index contributed by atoms with van der Waals surface area (Å²) < 4.78 is 30.4. The number of nitrogens with zero attached hydrogens (tertiary/aromatic N) is 1. The Kier molecular flexibility index (Phi) is 6.59. The van der Waals surface area contributed by atoms with Gasteiger partial charge < -0.3 is 15.2 Å². The number of nitrogens with two attached hydrogens (primary N) is 1. The number of nitrogen functional groups attached to an aromatic ring is 1. The standard InChI is InChI=1S/C27H20ClN3O4S2/c1-16-2-10-20(11-3-16)35-37(33,34)21-12-8-19(9-13-21)30-26(32)25-24(29)22-14-15-23(31-27(22)36-25)17-4-6-18(28)7-5-17/h2-15H,29H2,1H3,(H,30,32). The molecule has 3 N–H and O–H groups in total. The molecule has 0 saturated carbocycles. The van der Waals surface area contributed by atoms with Gasteiger partial charge >= 0.3 is 10.1 Å². The summed E-state index contributed by atoms with van der Waals surface area (Å²) in [5, 5.41) is 4.08. The Morgan fingerprint density at radius 3 is 2.30 bits per heavy atom. The van der Waals surface area contributed by atoms with Crippen molar-refractivity contribution in [2.75, 3.05) is 11.1 Å². The number of nitrogens with one attached hydrogen (secondary N) is 1. The zero-order chi connectivity index (χ0) is 26.2. The van der Waals surface area contributed by atoms with Crippen molar-refractivity contribution in [1.82, 2.24) is 4.98 Å². The third-order valence-corrected chi connectivity index (χ3v) is 8.20. The number of anilines is 2. The largest absolute Gasteiger partial charge is 0.397 e. The topological polar surface area (TPSA) is 111 Å². The zero-order valence-corrected chi connectivity index (χ0v) is 21.8. The number of thiophene rings is 1. The highest BCUT2D eigenvalue weighted by Crippen LogP contribution is 2.35. The van der Waals surface area contributed by atoms with Gasteiger partial charge in [-0.1, -0.05) is 41.4 Å². The van der Waals surface area contributed by atoms with Crippen molar-refractivity contribution >= 4 is 60.6 Å². The minimum atomic E-state index is -4.02.